The van der Waals surface area contributed by atoms with Gasteiger partial charge in [-0.2, -0.15) is 0 Å². The minimum atomic E-state index is 0.124. The van der Waals surface area contributed by atoms with Crippen LogP contribution in [-0.4, -0.2) is 43.6 Å². The Labute approximate surface area is 127 Å². The number of nitrogens with zero attached hydrogens (tertiary/aromatic N) is 1. The fourth-order valence-corrected chi connectivity index (χ4v) is 2.88. The van der Waals surface area contributed by atoms with Crippen molar-refractivity contribution in [2.75, 3.05) is 26.7 Å². The quantitative estimate of drug-likeness (QED) is 0.873. The average molecular weight is 290 g/mol. The summed E-state index contributed by atoms with van der Waals surface area (Å²) >= 11 is 0. The normalized spacial score (nSPS) is 19.2. The number of nitrogens with one attached hydrogen (secondary N) is 1. The third-order valence-electron chi connectivity index (χ3n) is 4.20. The number of piperidine rings is 1. The van der Waals surface area contributed by atoms with Gasteiger partial charge in [-0.25, -0.2) is 0 Å². The second-order valence-electron chi connectivity index (χ2n) is 5.73. The van der Waals surface area contributed by atoms with Crippen LogP contribution in [0.2, 0.25) is 0 Å². The summed E-state index contributed by atoms with van der Waals surface area (Å²) in [6, 6.07) is 8.47. The Bertz CT molecular complexity index is 462. The maximum Gasteiger partial charge on any atom is 0.234 e. The zero-order valence-corrected chi connectivity index (χ0v) is 13.1. The molecule has 21 heavy (non-hydrogen) atoms. The van der Waals surface area contributed by atoms with Gasteiger partial charge in [0, 0.05) is 12.6 Å². The summed E-state index contributed by atoms with van der Waals surface area (Å²) in [6.45, 7) is 4.43. The van der Waals surface area contributed by atoms with Gasteiger partial charge in [0.2, 0.25) is 5.91 Å². The smallest absolute Gasteiger partial charge is 0.234 e. The van der Waals surface area contributed by atoms with Gasteiger partial charge in [0.05, 0.1) is 13.7 Å². The Morgan fingerprint density at radius 1 is 1.38 bits per heavy atom. The molecule has 0 saturated carbocycles. The summed E-state index contributed by atoms with van der Waals surface area (Å²) in [7, 11) is 1.68. The van der Waals surface area contributed by atoms with E-state index in [0.29, 0.717) is 19.1 Å². The van der Waals surface area contributed by atoms with Gasteiger partial charge in [0.15, 0.2) is 0 Å². The fourth-order valence-electron chi connectivity index (χ4n) is 2.88. The van der Waals surface area contributed by atoms with Crippen LogP contribution in [0.15, 0.2) is 24.3 Å². The standard InChI is InChI=1S/C17H26N2O2/c1-14-7-5-6-12-19(14)13-17(20)18-11-10-15-8-3-4-9-16(15)21-2/h3-4,8-9,14H,5-7,10-13H2,1-2H3,(H,18,20)/t14-/m0/s1. The SMILES string of the molecule is COc1ccccc1CCNC(=O)CN1CCCC[C@@H]1C. The number of hydrogen-bond donors (Lipinski definition) is 1. The van der Waals surface area contributed by atoms with Crippen LogP contribution < -0.4 is 10.1 Å². The van der Waals surface area contributed by atoms with Crippen LogP contribution in [0.5, 0.6) is 5.75 Å². The molecule has 0 unspecified atom stereocenters. The van der Waals surface area contributed by atoms with Gasteiger partial charge < -0.3 is 10.1 Å². The Balaban J connectivity index is 1.74. The highest BCUT2D eigenvalue weighted by atomic mass is 16.5. The van der Waals surface area contributed by atoms with Crippen LogP contribution in [0.4, 0.5) is 0 Å². The predicted octanol–water partition coefficient (Wildman–Crippen LogP) is 2.23. The van der Waals surface area contributed by atoms with Gasteiger partial charge in [-0.1, -0.05) is 24.6 Å². The number of carbonyl (C=O) groups excluding carboxylic acids is 1. The number of methoxy groups -OCH3 is 1. The van der Waals surface area contributed by atoms with Crippen LogP contribution >= 0.6 is 0 Å². The third-order valence-corrected chi connectivity index (χ3v) is 4.20. The van der Waals surface area contributed by atoms with Crippen molar-refractivity contribution < 1.29 is 9.53 Å². The molecule has 0 radical (unpaired) electrons. The summed E-state index contributed by atoms with van der Waals surface area (Å²) < 4.78 is 5.32. The first-order valence-corrected chi connectivity index (χ1v) is 7.83. The van der Waals surface area contributed by atoms with Crippen LogP contribution in [0, 0.1) is 0 Å². The van der Waals surface area contributed by atoms with Crippen LogP contribution in [-0.2, 0) is 11.2 Å². The second-order valence-corrected chi connectivity index (χ2v) is 5.73. The van der Waals surface area contributed by atoms with Gasteiger partial charge in [-0.15, -0.1) is 0 Å². The molecule has 1 saturated heterocycles. The molecule has 1 aromatic carbocycles. The van der Waals surface area contributed by atoms with Gasteiger partial charge in [-0.05, 0) is 44.4 Å². The van der Waals surface area contributed by atoms with Gasteiger partial charge in [-0.3, -0.25) is 9.69 Å². The maximum absolute atomic E-state index is 12.0. The van der Waals surface area contributed by atoms with E-state index >= 15 is 0 Å². The second kappa shape index (κ2) is 8.03. The van der Waals surface area contributed by atoms with E-state index in [1.54, 1.807) is 7.11 Å². The molecule has 1 heterocycles. The monoisotopic (exact) mass is 290 g/mol. The van der Waals surface area contributed by atoms with Crippen molar-refractivity contribution in [1.82, 2.24) is 10.2 Å². The Hall–Kier alpha value is -1.55. The number of hydrogen-bond acceptors (Lipinski definition) is 3. The number of rotatable bonds is 6. The van der Waals surface area contributed by atoms with Crippen molar-refractivity contribution >= 4 is 5.91 Å². The summed E-state index contributed by atoms with van der Waals surface area (Å²) in [5.74, 6) is 1.01. The van der Waals surface area contributed by atoms with E-state index in [2.05, 4.69) is 17.1 Å². The molecule has 1 fully saturated rings. The highest BCUT2D eigenvalue weighted by molar-refractivity contribution is 5.78. The van der Waals surface area contributed by atoms with Gasteiger partial charge in [0.25, 0.3) is 0 Å². The molecule has 0 aliphatic carbocycles. The molecule has 1 N–H and O–H groups in total. The molecule has 2 rings (SSSR count). The number of carbonyl (C=O) groups is 1. The number of likely N-dealkylation sites (tertiary alicyclic amines) is 1. The lowest BCUT2D eigenvalue weighted by molar-refractivity contribution is -0.123. The highest BCUT2D eigenvalue weighted by Gasteiger charge is 2.20. The van der Waals surface area contributed by atoms with E-state index in [9.17, 15) is 4.79 Å². The minimum Gasteiger partial charge on any atom is -0.496 e. The zero-order chi connectivity index (χ0) is 15.1. The number of para-hydroxylation sites is 1. The van der Waals surface area contributed by atoms with Crippen molar-refractivity contribution in [2.45, 2.75) is 38.6 Å². The molecule has 4 heteroatoms. The molecule has 116 valence electrons. The van der Waals surface area contributed by atoms with Gasteiger partial charge in [0.1, 0.15) is 5.75 Å². The molecule has 0 spiro atoms. The third kappa shape index (κ3) is 4.74. The number of amides is 1. The topological polar surface area (TPSA) is 41.6 Å². The van der Waals surface area contributed by atoms with E-state index in [1.807, 2.05) is 24.3 Å². The first-order chi connectivity index (χ1) is 10.2. The van der Waals surface area contributed by atoms with Crippen molar-refractivity contribution in [3.8, 4) is 5.75 Å². The lowest BCUT2D eigenvalue weighted by Gasteiger charge is -2.32. The van der Waals surface area contributed by atoms with Crippen molar-refractivity contribution in [3.63, 3.8) is 0 Å². The maximum atomic E-state index is 12.0. The minimum absolute atomic E-state index is 0.124. The fraction of sp³-hybridized carbons (Fsp3) is 0.588. The van der Waals surface area contributed by atoms with Crippen LogP contribution in [0.1, 0.15) is 31.7 Å². The average Bonchev–Trinajstić information content (AvgIpc) is 2.50. The van der Waals surface area contributed by atoms with Crippen molar-refractivity contribution in [1.29, 1.82) is 0 Å². The Morgan fingerprint density at radius 2 is 2.19 bits per heavy atom. The number of benzene rings is 1. The molecule has 0 aromatic heterocycles. The van der Waals surface area contributed by atoms with Crippen molar-refractivity contribution in [3.05, 3.63) is 29.8 Å². The molecule has 1 amide bonds. The molecule has 4 nitrogen and oxygen atoms in total. The van der Waals surface area contributed by atoms with Crippen LogP contribution in [0.3, 0.4) is 0 Å². The molecule has 1 aliphatic heterocycles. The Kier molecular flexibility index (Phi) is 6.05. The van der Waals surface area contributed by atoms with E-state index in [1.165, 1.54) is 19.3 Å². The van der Waals surface area contributed by atoms with Crippen molar-refractivity contribution in [2.24, 2.45) is 0 Å². The zero-order valence-electron chi connectivity index (χ0n) is 13.1. The molecule has 1 aliphatic rings. The molecular formula is C17H26N2O2. The van der Waals surface area contributed by atoms with E-state index in [4.69, 9.17) is 4.74 Å². The van der Waals surface area contributed by atoms with E-state index in [0.717, 1.165) is 24.3 Å². The Morgan fingerprint density at radius 3 is 2.95 bits per heavy atom. The largest absolute Gasteiger partial charge is 0.496 e. The number of ether oxygens (including phenoxy) is 1. The van der Waals surface area contributed by atoms with E-state index in [-0.39, 0.29) is 5.91 Å². The highest BCUT2D eigenvalue weighted by Crippen LogP contribution is 2.17. The lowest BCUT2D eigenvalue weighted by Crippen LogP contribution is -2.44. The molecule has 1 aromatic rings. The first-order valence-electron chi connectivity index (χ1n) is 7.83. The lowest BCUT2D eigenvalue weighted by atomic mass is 10.0. The predicted molar refractivity (Wildman–Crippen MR) is 84.6 cm³/mol. The van der Waals surface area contributed by atoms with Gasteiger partial charge >= 0.3 is 0 Å². The van der Waals surface area contributed by atoms with Crippen LogP contribution in [0.25, 0.3) is 0 Å². The summed E-state index contributed by atoms with van der Waals surface area (Å²) in [5.41, 5.74) is 1.13. The summed E-state index contributed by atoms with van der Waals surface area (Å²) in [4.78, 5) is 14.3. The first kappa shape index (κ1) is 15.8. The van der Waals surface area contributed by atoms with E-state index < -0.39 is 0 Å². The summed E-state index contributed by atoms with van der Waals surface area (Å²) in [6.07, 6.45) is 4.49. The summed E-state index contributed by atoms with van der Waals surface area (Å²) in [5, 5.41) is 3.01. The molecule has 1 atom stereocenters. The molecule has 0 bridgehead atoms. The molecular weight excluding hydrogens is 264 g/mol.